The van der Waals surface area contributed by atoms with E-state index in [1.165, 1.54) is 0 Å². The number of carbonyl (C=O) groups is 2. The van der Waals surface area contributed by atoms with Crippen molar-refractivity contribution in [1.82, 2.24) is 5.32 Å². The van der Waals surface area contributed by atoms with E-state index >= 15 is 0 Å². The number of hydrogen-bond donors (Lipinski definition) is 1. The standard InChI is InChI=1S/C24H29NO3/c1-5-23(3,4)20-14-10-9-13-19(20)21(26)25-24(22(27)28-6-2)15-17-11-7-8-12-18(17)16-24/h7-14H,5-6,15-16H2,1-4H3,(H,25,26). The van der Waals surface area contributed by atoms with E-state index in [2.05, 4.69) is 26.1 Å². The first-order chi connectivity index (χ1) is 13.3. The van der Waals surface area contributed by atoms with Crippen molar-refractivity contribution in [3.63, 3.8) is 0 Å². The van der Waals surface area contributed by atoms with Gasteiger partial charge in [-0.05, 0) is 41.5 Å². The Morgan fingerprint density at radius 3 is 2.14 bits per heavy atom. The lowest BCUT2D eigenvalue weighted by Gasteiger charge is -2.30. The largest absolute Gasteiger partial charge is 0.464 e. The van der Waals surface area contributed by atoms with Crippen molar-refractivity contribution < 1.29 is 14.3 Å². The number of carbonyl (C=O) groups excluding carboxylic acids is 2. The Labute approximate surface area is 167 Å². The Morgan fingerprint density at radius 2 is 1.57 bits per heavy atom. The van der Waals surface area contributed by atoms with Gasteiger partial charge >= 0.3 is 5.97 Å². The molecule has 148 valence electrons. The van der Waals surface area contributed by atoms with E-state index in [9.17, 15) is 9.59 Å². The Kier molecular flexibility index (Phi) is 5.59. The zero-order chi connectivity index (χ0) is 20.4. The highest BCUT2D eigenvalue weighted by atomic mass is 16.5. The number of nitrogens with one attached hydrogen (secondary N) is 1. The van der Waals surface area contributed by atoms with Crippen LogP contribution < -0.4 is 5.32 Å². The molecule has 0 bridgehead atoms. The molecular formula is C24H29NO3. The molecule has 2 aromatic carbocycles. The van der Waals surface area contributed by atoms with E-state index in [0.29, 0.717) is 18.4 Å². The van der Waals surface area contributed by atoms with E-state index in [1.807, 2.05) is 48.5 Å². The zero-order valence-corrected chi connectivity index (χ0v) is 17.2. The SMILES string of the molecule is CCOC(=O)C1(NC(=O)c2ccccc2C(C)(C)CC)Cc2ccccc2C1. The van der Waals surface area contributed by atoms with Crippen LogP contribution in [0.3, 0.4) is 0 Å². The molecule has 0 aliphatic heterocycles. The molecule has 0 saturated heterocycles. The molecule has 1 aliphatic rings. The highest BCUT2D eigenvalue weighted by Crippen LogP contribution is 2.33. The highest BCUT2D eigenvalue weighted by molar-refractivity contribution is 6.00. The second-order valence-electron chi connectivity index (χ2n) is 8.16. The highest BCUT2D eigenvalue weighted by Gasteiger charge is 2.46. The summed E-state index contributed by atoms with van der Waals surface area (Å²) in [6.45, 7) is 8.44. The summed E-state index contributed by atoms with van der Waals surface area (Å²) < 4.78 is 5.36. The first-order valence-corrected chi connectivity index (χ1v) is 9.99. The third kappa shape index (κ3) is 3.68. The van der Waals surface area contributed by atoms with Crippen LogP contribution in [0, 0.1) is 0 Å². The number of esters is 1. The van der Waals surface area contributed by atoms with Crippen LogP contribution in [0.2, 0.25) is 0 Å². The van der Waals surface area contributed by atoms with Crippen molar-refractivity contribution in [2.75, 3.05) is 6.61 Å². The van der Waals surface area contributed by atoms with Gasteiger partial charge in [-0.15, -0.1) is 0 Å². The van der Waals surface area contributed by atoms with Gasteiger partial charge in [-0.1, -0.05) is 63.2 Å². The van der Waals surface area contributed by atoms with Crippen LogP contribution in [0.5, 0.6) is 0 Å². The molecule has 0 saturated carbocycles. The fourth-order valence-corrected chi connectivity index (χ4v) is 3.91. The van der Waals surface area contributed by atoms with Gasteiger partial charge in [-0.2, -0.15) is 0 Å². The van der Waals surface area contributed by atoms with Crippen molar-refractivity contribution in [3.05, 3.63) is 70.8 Å². The average Bonchev–Trinajstić information content (AvgIpc) is 3.07. The number of rotatable bonds is 6. The maximum Gasteiger partial charge on any atom is 0.332 e. The minimum Gasteiger partial charge on any atom is -0.464 e. The predicted octanol–water partition coefficient (Wildman–Crippen LogP) is 4.20. The maximum absolute atomic E-state index is 13.3. The van der Waals surface area contributed by atoms with Gasteiger partial charge in [0.15, 0.2) is 0 Å². The molecule has 1 aliphatic carbocycles. The summed E-state index contributed by atoms with van der Waals surface area (Å²) in [6, 6.07) is 15.6. The molecule has 3 rings (SSSR count). The van der Waals surface area contributed by atoms with Crippen molar-refractivity contribution >= 4 is 11.9 Å². The Morgan fingerprint density at radius 1 is 1.00 bits per heavy atom. The van der Waals surface area contributed by atoms with Gasteiger partial charge < -0.3 is 10.1 Å². The summed E-state index contributed by atoms with van der Waals surface area (Å²) in [5, 5.41) is 3.06. The Bertz CT molecular complexity index is 860. The van der Waals surface area contributed by atoms with Crippen LogP contribution in [0.15, 0.2) is 48.5 Å². The van der Waals surface area contributed by atoms with Crippen molar-refractivity contribution in [1.29, 1.82) is 0 Å². The molecule has 28 heavy (non-hydrogen) atoms. The average molecular weight is 380 g/mol. The molecule has 0 fully saturated rings. The van der Waals surface area contributed by atoms with Gasteiger partial charge in [0.25, 0.3) is 5.91 Å². The predicted molar refractivity (Wildman–Crippen MR) is 110 cm³/mol. The van der Waals surface area contributed by atoms with Gasteiger partial charge in [-0.25, -0.2) is 4.79 Å². The van der Waals surface area contributed by atoms with Crippen molar-refractivity contribution in [2.45, 2.75) is 57.9 Å². The van der Waals surface area contributed by atoms with E-state index in [0.717, 1.165) is 23.1 Å². The number of amides is 1. The van der Waals surface area contributed by atoms with E-state index in [-0.39, 0.29) is 23.9 Å². The fraction of sp³-hybridized carbons (Fsp3) is 0.417. The fourth-order valence-electron chi connectivity index (χ4n) is 3.91. The number of fused-ring (bicyclic) bond motifs is 1. The van der Waals surface area contributed by atoms with E-state index in [4.69, 9.17) is 4.74 Å². The molecule has 0 aromatic heterocycles. The number of hydrogen-bond acceptors (Lipinski definition) is 3. The summed E-state index contributed by atoms with van der Waals surface area (Å²) >= 11 is 0. The second kappa shape index (κ2) is 7.78. The maximum atomic E-state index is 13.3. The lowest BCUT2D eigenvalue weighted by molar-refractivity contribution is -0.150. The number of ether oxygens (including phenoxy) is 1. The molecule has 0 atom stereocenters. The zero-order valence-electron chi connectivity index (χ0n) is 17.2. The summed E-state index contributed by atoms with van der Waals surface area (Å²) in [5.41, 5.74) is 2.58. The van der Waals surface area contributed by atoms with Crippen LogP contribution >= 0.6 is 0 Å². The quantitative estimate of drug-likeness (QED) is 0.765. The lowest BCUT2D eigenvalue weighted by atomic mass is 9.79. The van der Waals surface area contributed by atoms with Crippen LogP contribution in [0.4, 0.5) is 0 Å². The lowest BCUT2D eigenvalue weighted by Crippen LogP contribution is -2.56. The van der Waals surface area contributed by atoms with Gasteiger partial charge in [0.1, 0.15) is 5.54 Å². The molecule has 0 unspecified atom stereocenters. The molecular weight excluding hydrogens is 350 g/mol. The minimum atomic E-state index is -1.06. The van der Waals surface area contributed by atoms with Crippen LogP contribution in [-0.4, -0.2) is 24.0 Å². The van der Waals surface area contributed by atoms with E-state index in [1.54, 1.807) is 6.92 Å². The molecule has 0 spiro atoms. The first-order valence-electron chi connectivity index (χ1n) is 9.99. The molecule has 2 aromatic rings. The van der Waals surface area contributed by atoms with Crippen molar-refractivity contribution in [2.24, 2.45) is 0 Å². The molecule has 1 N–H and O–H groups in total. The summed E-state index contributed by atoms with van der Waals surface area (Å²) in [7, 11) is 0. The second-order valence-corrected chi connectivity index (χ2v) is 8.16. The van der Waals surface area contributed by atoms with Crippen LogP contribution in [-0.2, 0) is 27.8 Å². The van der Waals surface area contributed by atoms with E-state index < -0.39 is 5.54 Å². The molecule has 4 heteroatoms. The number of benzene rings is 2. The normalized spacial score (nSPS) is 15.0. The third-order valence-electron chi connectivity index (χ3n) is 5.91. The molecule has 1 amide bonds. The minimum absolute atomic E-state index is 0.135. The smallest absolute Gasteiger partial charge is 0.332 e. The van der Waals surface area contributed by atoms with Crippen LogP contribution in [0.1, 0.15) is 61.2 Å². The van der Waals surface area contributed by atoms with Gasteiger partial charge in [-0.3, -0.25) is 4.79 Å². The Balaban J connectivity index is 1.96. The monoisotopic (exact) mass is 379 g/mol. The van der Waals surface area contributed by atoms with Crippen molar-refractivity contribution in [3.8, 4) is 0 Å². The topological polar surface area (TPSA) is 55.4 Å². The summed E-state index contributed by atoms with van der Waals surface area (Å²) in [6.07, 6.45) is 1.81. The molecule has 4 nitrogen and oxygen atoms in total. The third-order valence-corrected chi connectivity index (χ3v) is 5.91. The molecule has 0 heterocycles. The van der Waals surface area contributed by atoms with Gasteiger partial charge in [0.2, 0.25) is 0 Å². The molecule has 0 radical (unpaired) electrons. The summed E-state index contributed by atoms with van der Waals surface area (Å²) in [4.78, 5) is 26.2. The Hall–Kier alpha value is -2.62. The van der Waals surface area contributed by atoms with Gasteiger partial charge in [0, 0.05) is 18.4 Å². The summed E-state index contributed by atoms with van der Waals surface area (Å²) in [5.74, 6) is -0.593. The first kappa shape index (κ1) is 20.1. The van der Waals surface area contributed by atoms with Crippen LogP contribution in [0.25, 0.3) is 0 Å². The van der Waals surface area contributed by atoms with Gasteiger partial charge in [0.05, 0.1) is 6.61 Å².